The van der Waals surface area contributed by atoms with Crippen LogP contribution in [0.25, 0.3) is 0 Å². The summed E-state index contributed by atoms with van der Waals surface area (Å²) in [5.74, 6) is -0.335. The smallest absolute Gasteiger partial charge is 0.338 e. The molecule has 1 aliphatic heterocycles. The van der Waals surface area contributed by atoms with Gasteiger partial charge >= 0.3 is 5.97 Å². The average molecular weight is 390 g/mol. The summed E-state index contributed by atoms with van der Waals surface area (Å²) in [5, 5.41) is 5.04. The Morgan fingerprint density at radius 3 is 2.41 bits per heavy atom. The zero-order valence-electron chi connectivity index (χ0n) is 15.6. The largest absolute Gasteiger partial charge is 0.462 e. The Hall–Kier alpha value is -2.22. The van der Waals surface area contributed by atoms with Crippen LogP contribution < -0.4 is 15.1 Å². The third kappa shape index (κ3) is 5.89. The maximum Gasteiger partial charge on any atom is 0.338 e. The molecule has 0 aliphatic carbocycles. The number of carbonyl (C=O) groups is 2. The number of hydrogen-bond donors (Lipinski definition) is 3. The fourth-order valence-corrected chi connectivity index (χ4v) is 4.08. The zero-order chi connectivity index (χ0) is 19.1. The van der Waals surface area contributed by atoms with Crippen molar-refractivity contribution >= 4 is 28.9 Å². The number of anilines is 1. The van der Waals surface area contributed by atoms with Gasteiger partial charge in [0.15, 0.2) is 6.54 Å². The molecule has 0 radical (unpaired) electrons. The van der Waals surface area contributed by atoms with Crippen LogP contribution in [0.3, 0.4) is 0 Å². The SMILES string of the molecule is CCOC(=O)c1ccc(NC(=O)C[NH+]2CC[NH+](Cc3cccs3)CC2)cc1. The summed E-state index contributed by atoms with van der Waals surface area (Å²) in [7, 11) is 0. The lowest BCUT2D eigenvalue weighted by atomic mass is 10.2. The van der Waals surface area contributed by atoms with Gasteiger partial charge in [-0.15, -0.1) is 11.3 Å². The summed E-state index contributed by atoms with van der Waals surface area (Å²) in [6.07, 6.45) is 0. The molecule has 1 saturated heterocycles. The molecular formula is C20H27N3O3S+2. The van der Waals surface area contributed by atoms with Crippen molar-refractivity contribution in [1.82, 2.24) is 0 Å². The van der Waals surface area contributed by atoms with E-state index in [1.807, 2.05) is 11.3 Å². The lowest BCUT2D eigenvalue weighted by molar-refractivity contribution is -1.01. The van der Waals surface area contributed by atoms with Gasteiger partial charge in [0.25, 0.3) is 5.91 Å². The quantitative estimate of drug-likeness (QED) is 0.577. The van der Waals surface area contributed by atoms with Gasteiger partial charge in [0, 0.05) is 5.69 Å². The van der Waals surface area contributed by atoms with Gasteiger partial charge in [0.05, 0.1) is 17.0 Å². The average Bonchev–Trinajstić information content (AvgIpc) is 3.17. The number of rotatable bonds is 7. The first-order chi connectivity index (χ1) is 13.1. The first kappa shape index (κ1) is 19.5. The van der Waals surface area contributed by atoms with E-state index in [0.29, 0.717) is 24.4 Å². The van der Waals surface area contributed by atoms with E-state index >= 15 is 0 Å². The van der Waals surface area contributed by atoms with Crippen molar-refractivity contribution in [1.29, 1.82) is 0 Å². The number of hydrogen-bond acceptors (Lipinski definition) is 4. The number of esters is 1. The summed E-state index contributed by atoms with van der Waals surface area (Å²) < 4.78 is 4.96. The number of piperazine rings is 1. The van der Waals surface area contributed by atoms with Crippen molar-refractivity contribution < 1.29 is 24.1 Å². The van der Waals surface area contributed by atoms with Gasteiger partial charge in [0.2, 0.25) is 0 Å². The van der Waals surface area contributed by atoms with Crippen LogP contribution in [0.5, 0.6) is 0 Å². The van der Waals surface area contributed by atoms with Gasteiger partial charge in [-0.3, -0.25) is 4.79 Å². The Kier molecular flexibility index (Phi) is 6.98. The Labute approximate surface area is 163 Å². The van der Waals surface area contributed by atoms with E-state index < -0.39 is 0 Å². The van der Waals surface area contributed by atoms with Crippen LogP contribution in [0.1, 0.15) is 22.2 Å². The van der Waals surface area contributed by atoms with E-state index in [2.05, 4.69) is 22.8 Å². The fourth-order valence-electron chi connectivity index (χ4n) is 3.31. The molecule has 144 valence electrons. The predicted octanol–water partition coefficient (Wildman–Crippen LogP) is -0.153. The number of ether oxygens (including phenoxy) is 1. The lowest BCUT2D eigenvalue weighted by Gasteiger charge is -2.29. The highest BCUT2D eigenvalue weighted by atomic mass is 32.1. The van der Waals surface area contributed by atoms with Gasteiger partial charge in [-0.25, -0.2) is 4.79 Å². The Bertz CT molecular complexity index is 738. The normalized spacial score (nSPS) is 19.4. The maximum absolute atomic E-state index is 12.3. The van der Waals surface area contributed by atoms with Crippen LogP contribution in [-0.4, -0.2) is 51.2 Å². The summed E-state index contributed by atoms with van der Waals surface area (Å²) in [6.45, 7) is 7.89. The second-order valence-corrected chi connectivity index (χ2v) is 7.81. The summed E-state index contributed by atoms with van der Waals surface area (Å²) >= 11 is 1.81. The molecule has 0 bridgehead atoms. The molecule has 3 rings (SSSR count). The monoisotopic (exact) mass is 389 g/mol. The standard InChI is InChI=1S/C20H25N3O3S/c1-2-26-20(25)16-5-7-17(8-6-16)21-19(24)15-23-11-9-22(10-12-23)14-18-4-3-13-27-18/h3-8,13H,2,9-12,14-15H2,1H3,(H,21,24)/p+2. The minimum atomic E-state index is -0.345. The molecule has 1 aromatic carbocycles. The molecule has 2 aromatic rings. The third-order valence-electron chi connectivity index (χ3n) is 4.76. The number of thiophene rings is 1. The van der Waals surface area contributed by atoms with Gasteiger partial charge in [-0.1, -0.05) is 6.07 Å². The van der Waals surface area contributed by atoms with E-state index in [4.69, 9.17) is 4.74 Å². The third-order valence-corrected chi connectivity index (χ3v) is 5.64. The van der Waals surface area contributed by atoms with Gasteiger partial charge in [-0.05, 0) is 42.6 Å². The number of nitrogens with one attached hydrogen (secondary N) is 3. The molecule has 3 N–H and O–H groups in total. The molecule has 1 aromatic heterocycles. The first-order valence-corrected chi connectivity index (χ1v) is 10.3. The van der Waals surface area contributed by atoms with Crippen LogP contribution in [0, 0.1) is 0 Å². The van der Waals surface area contributed by atoms with Crippen molar-refractivity contribution in [3.05, 3.63) is 52.2 Å². The van der Waals surface area contributed by atoms with Crippen LogP contribution >= 0.6 is 11.3 Å². The molecule has 1 aliphatic rings. The number of carbonyl (C=O) groups excluding carboxylic acids is 2. The Balaban J connectivity index is 1.41. The number of amides is 1. The maximum atomic E-state index is 12.3. The first-order valence-electron chi connectivity index (χ1n) is 9.40. The van der Waals surface area contributed by atoms with Crippen molar-refractivity contribution in [2.75, 3.05) is 44.6 Å². The highest BCUT2D eigenvalue weighted by Gasteiger charge is 2.25. The van der Waals surface area contributed by atoms with E-state index in [9.17, 15) is 9.59 Å². The summed E-state index contributed by atoms with van der Waals surface area (Å²) in [4.78, 5) is 28.3. The molecule has 2 heterocycles. The van der Waals surface area contributed by atoms with Crippen LogP contribution in [0.15, 0.2) is 41.8 Å². The van der Waals surface area contributed by atoms with Crippen molar-refractivity contribution in [2.45, 2.75) is 13.5 Å². The minimum absolute atomic E-state index is 0.00981. The lowest BCUT2D eigenvalue weighted by Crippen LogP contribution is -3.28. The minimum Gasteiger partial charge on any atom is -0.462 e. The molecule has 7 heteroatoms. The van der Waals surface area contributed by atoms with Crippen LogP contribution in [-0.2, 0) is 16.1 Å². The molecule has 0 unspecified atom stereocenters. The van der Waals surface area contributed by atoms with E-state index in [-0.39, 0.29) is 11.9 Å². The fraction of sp³-hybridized carbons (Fsp3) is 0.400. The highest BCUT2D eigenvalue weighted by molar-refractivity contribution is 7.09. The Morgan fingerprint density at radius 1 is 1.07 bits per heavy atom. The number of quaternary nitrogens is 2. The van der Waals surface area contributed by atoms with Gasteiger partial charge in [-0.2, -0.15) is 0 Å². The van der Waals surface area contributed by atoms with E-state index in [1.54, 1.807) is 36.1 Å². The molecule has 1 fully saturated rings. The van der Waals surface area contributed by atoms with Crippen molar-refractivity contribution in [3.63, 3.8) is 0 Å². The van der Waals surface area contributed by atoms with Crippen molar-refractivity contribution in [3.8, 4) is 0 Å². The van der Waals surface area contributed by atoms with Crippen LogP contribution in [0.4, 0.5) is 5.69 Å². The van der Waals surface area contributed by atoms with E-state index in [1.165, 1.54) is 9.78 Å². The predicted molar refractivity (Wildman–Crippen MR) is 105 cm³/mol. The molecule has 0 atom stereocenters. The molecule has 0 saturated carbocycles. The highest BCUT2D eigenvalue weighted by Crippen LogP contribution is 2.10. The zero-order valence-corrected chi connectivity index (χ0v) is 16.4. The molecular weight excluding hydrogens is 362 g/mol. The summed E-state index contributed by atoms with van der Waals surface area (Å²) in [5.41, 5.74) is 1.19. The Morgan fingerprint density at radius 2 is 1.78 bits per heavy atom. The van der Waals surface area contributed by atoms with Crippen LogP contribution in [0.2, 0.25) is 0 Å². The topological polar surface area (TPSA) is 64.3 Å². The van der Waals surface area contributed by atoms with Gasteiger partial charge < -0.3 is 19.9 Å². The summed E-state index contributed by atoms with van der Waals surface area (Å²) in [6, 6.07) is 11.1. The molecule has 1 amide bonds. The van der Waals surface area contributed by atoms with Crippen molar-refractivity contribution in [2.24, 2.45) is 0 Å². The van der Waals surface area contributed by atoms with Gasteiger partial charge in [0.1, 0.15) is 32.7 Å². The second kappa shape index (κ2) is 9.64. The molecule has 0 spiro atoms. The molecule has 6 nitrogen and oxygen atoms in total. The number of benzene rings is 1. The van der Waals surface area contributed by atoms with E-state index in [0.717, 1.165) is 32.7 Å². The second-order valence-electron chi connectivity index (χ2n) is 6.78. The molecule has 27 heavy (non-hydrogen) atoms.